The predicted molar refractivity (Wildman–Crippen MR) is 110 cm³/mol. The van der Waals surface area contributed by atoms with Gasteiger partial charge in [-0.2, -0.15) is 0 Å². The molecule has 0 aliphatic carbocycles. The Bertz CT molecular complexity index is 725. The number of carbonyl (C=O) groups excluding carboxylic acids is 2. The van der Waals surface area contributed by atoms with E-state index >= 15 is 0 Å². The van der Waals surface area contributed by atoms with E-state index in [-0.39, 0.29) is 17.4 Å². The fourth-order valence-corrected chi connectivity index (χ4v) is 5.79. The van der Waals surface area contributed by atoms with Gasteiger partial charge >= 0.3 is 0 Å². The van der Waals surface area contributed by atoms with Crippen molar-refractivity contribution in [3.05, 3.63) is 35.9 Å². The monoisotopic (exact) mass is 383 g/mol. The third kappa shape index (κ3) is 3.34. The molecule has 1 spiro atoms. The maximum absolute atomic E-state index is 13.0. The first-order valence-electron chi connectivity index (χ1n) is 10.7. The van der Waals surface area contributed by atoms with Crippen molar-refractivity contribution in [2.75, 3.05) is 39.8 Å². The van der Waals surface area contributed by atoms with E-state index in [4.69, 9.17) is 0 Å². The Balaban J connectivity index is 1.42. The summed E-state index contributed by atoms with van der Waals surface area (Å²) in [4.78, 5) is 32.3. The number of carbonyl (C=O) groups is 2. The fourth-order valence-electron chi connectivity index (χ4n) is 5.79. The molecule has 0 aromatic heterocycles. The first-order chi connectivity index (χ1) is 13.4. The summed E-state index contributed by atoms with van der Waals surface area (Å²) >= 11 is 0. The van der Waals surface area contributed by atoms with Crippen LogP contribution in [0.4, 0.5) is 0 Å². The molecule has 0 unspecified atom stereocenters. The summed E-state index contributed by atoms with van der Waals surface area (Å²) in [6.45, 7) is 9.01. The van der Waals surface area contributed by atoms with Crippen LogP contribution in [-0.4, -0.2) is 71.8 Å². The molecule has 5 nitrogen and oxygen atoms in total. The summed E-state index contributed by atoms with van der Waals surface area (Å²) in [5.41, 5.74) is 1.01. The van der Waals surface area contributed by atoms with Crippen molar-refractivity contribution < 1.29 is 9.59 Å². The largest absolute Gasteiger partial charge is 0.342 e. The molecule has 3 aliphatic rings. The first kappa shape index (κ1) is 19.4. The van der Waals surface area contributed by atoms with Crippen LogP contribution in [0.3, 0.4) is 0 Å². The summed E-state index contributed by atoms with van der Waals surface area (Å²) in [5, 5.41) is 0. The summed E-state index contributed by atoms with van der Waals surface area (Å²) in [5.74, 6) is 1.71. The van der Waals surface area contributed by atoms with E-state index in [2.05, 4.69) is 18.7 Å². The van der Waals surface area contributed by atoms with Crippen molar-refractivity contribution in [1.82, 2.24) is 14.7 Å². The highest BCUT2D eigenvalue weighted by atomic mass is 16.2. The topological polar surface area (TPSA) is 43.9 Å². The number of rotatable bonds is 4. The van der Waals surface area contributed by atoms with Crippen LogP contribution in [0.1, 0.15) is 32.3 Å². The van der Waals surface area contributed by atoms with Crippen molar-refractivity contribution in [2.45, 2.75) is 38.6 Å². The number of benzene rings is 1. The van der Waals surface area contributed by atoms with Crippen LogP contribution in [0.25, 0.3) is 0 Å². The van der Waals surface area contributed by atoms with Gasteiger partial charge < -0.3 is 14.7 Å². The summed E-state index contributed by atoms with van der Waals surface area (Å²) in [7, 11) is 1.99. The van der Waals surface area contributed by atoms with Crippen LogP contribution < -0.4 is 0 Å². The van der Waals surface area contributed by atoms with Gasteiger partial charge in [-0.15, -0.1) is 0 Å². The van der Waals surface area contributed by atoms with Gasteiger partial charge in [0.1, 0.15) is 0 Å². The van der Waals surface area contributed by atoms with E-state index in [0.29, 0.717) is 24.2 Å². The van der Waals surface area contributed by atoms with E-state index in [1.165, 1.54) is 0 Å². The van der Waals surface area contributed by atoms with E-state index < -0.39 is 0 Å². The summed E-state index contributed by atoms with van der Waals surface area (Å²) in [6, 6.07) is 9.97. The van der Waals surface area contributed by atoms with Gasteiger partial charge in [-0.1, -0.05) is 44.2 Å². The third-order valence-corrected chi connectivity index (χ3v) is 7.20. The maximum atomic E-state index is 13.0. The highest BCUT2D eigenvalue weighted by Gasteiger charge is 2.60. The van der Waals surface area contributed by atoms with Crippen LogP contribution in [-0.2, 0) is 16.0 Å². The lowest BCUT2D eigenvalue weighted by Gasteiger charge is -2.46. The maximum Gasteiger partial charge on any atom is 0.227 e. The molecule has 3 saturated heterocycles. The van der Waals surface area contributed by atoms with Gasteiger partial charge in [0.15, 0.2) is 0 Å². The minimum atomic E-state index is -0.0585. The minimum absolute atomic E-state index is 0.0585. The minimum Gasteiger partial charge on any atom is -0.342 e. The second kappa shape index (κ2) is 7.51. The number of piperidine rings is 1. The van der Waals surface area contributed by atoms with Gasteiger partial charge in [-0.05, 0) is 24.3 Å². The lowest BCUT2D eigenvalue weighted by atomic mass is 9.75. The third-order valence-electron chi connectivity index (χ3n) is 7.20. The number of likely N-dealkylation sites (tertiary alicyclic amines) is 3. The van der Waals surface area contributed by atoms with Gasteiger partial charge in [-0.25, -0.2) is 0 Å². The average Bonchev–Trinajstić information content (AvgIpc) is 3.17. The molecule has 1 aromatic rings. The molecule has 0 saturated carbocycles. The molecule has 3 heterocycles. The van der Waals surface area contributed by atoms with Crippen LogP contribution >= 0.6 is 0 Å². The summed E-state index contributed by atoms with van der Waals surface area (Å²) in [6.07, 6.45) is 2.29. The number of amides is 2. The molecular formula is C23H33N3O2. The molecule has 0 N–H and O–H groups in total. The molecule has 0 radical (unpaired) electrons. The zero-order valence-electron chi connectivity index (χ0n) is 17.4. The Morgan fingerprint density at radius 1 is 1.14 bits per heavy atom. The number of fused-ring (bicyclic) bond motifs is 2. The fraction of sp³-hybridized carbons (Fsp3) is 0.652. The Labute approximate surface area is 168 Å². The van der Waals surface area contributed by atoms with Crippen molar-refractivity contribution >= 4 is 11.8 Å². The second-order valence-electron chi connectivity index (χ2n) is 9.37. The summed E-state index contributed by atoms with van der Waals surface area (Å²) < 4.78 is 0. The zero-order valence-corrected chi connectivity index (χ0v) is 17.4. The van der Waals surface area contributed by atoms with Crippen molar-refractivity contribution in [3.8, 4) is 0 Å². The van der Waals surface area contributed by atoms with Gasteiger partial charge in [0.25, 0.3) is 0 Å². The highest BCUT2D eigenvalue weighted by molar-refractivity contribution is 5.84. The van der Waals surface area contributed by atoms with E-state index in [1.54, 1.807) is 0 Å². The normalized spacial score (nSPS) is 27.1. The SMILES string of the molecule is CC(C)CN1C[C@H]2C(=O)N(C)C3(CCN(C(=O)Cc4ccccc4)CC3)[C@H]2C1. The number of hydrogen-bond acceptors (Lipinski definition) is 3. The van der Waals surface area contributed by atoms with Crippen LogP contribution in [0, 0.1) is 17.8 Å². The molecular weight excluding hydrogens is 350 g/mol. The number of hydrogen-bond donors (Lipinski definition) is 0. The predicted octanol–water partition coefficient (Wildman–Crippen LogP) is 2.27. The van der Waals surface area contributed by atoms with E-state index in [9.17, 15) is 9.59 Å². The molecule has 152 valence electrons. The lowest BCUT2D eigenvalue weighted by Crippen LogP contribution is -2.56. The lowest BCUT2D eigenvalue weighted by molar-refractivity contribution is -0.136. The van der Waals surface area contributed by atoms with Crippen LogP contribution in [0.2, 0.25) is 0 Å². The zero-order chi connectivity index (χ0) is 19.9. The first-order valence-corrected chi connectivity index (χ1v) is 10.7. The van der Waals surface area contributed by atoms with Crippen LogP contribution in [0.15, 0.2) is 30.3 Å². The average molecular weight is 384 g/mol. The smallest absolute Gasteiger partial charge is 0.227 e. The molecule has 4 rings (SSSR count). The molecule has 2 atom stereocenters. The molecule has 28 heavy (non-hydrogen) atoms. The van der Waals surface area contributed by atoms with Crippen molar-refractivity contribution in [3.63, 3.8) is 0 Å². The van der Waals surface area contributed by atoms with Crippen molar-refractivity contribution in [1.29, 1.82) is 0 Å². The van der Waals surface area contributed by atoms with E-state index in [0.717, 1.165) is 51.1 Å². The Morgan fingerprint density at radius 2 is 1.82 bits per heavy atom. The molecule has 5 heteroatoms. The molecule has 3 aliphatic heterocycles. The van der Waals surface area contributed by atoms with E-state index in [1.807, 2.05) is 47.2 Å². The second-order valence-corrected chi connectivity index (χ2v) is 9.37. The number of nitrogens with zero attached hydrogens (tertiary/aromatic N) is 3. The quantitative estimate of drug-likeness (QED) is 0.801. The Morgan fingerprint density at radius 3 is 2.46 bits per heavy atom. The standard InChI is InChI=1S/C23H33N3O2/c1-17(2)14-25-15-19-20(16-25)23(24(3)22(19)28)9-11-26(12-10-23)21(27)13-18-7-5-4-6-8-18/h4-8,17,19-20H,9-16H2,1-3H3/t19-,20+/m1/s1. The highest BCUT2D eigenvalue weighted by Crippen LogP contribution is 2.49. The Hall–Kier alpha value is -1.88. The van der Waals surface area contributed by atoms with Gasteiger partial charge in [0.05, 0.1) is 17.9 Å². The molecule has 2 amide bonds. The molecule has 0 bridgehead atoms. The van der Waals surface area contributed by atoms with Gasteiger partial charge in [0, 0.05) is 45.7 Å². The van der Waals surface area contributed by atoms with Gasteiger partial charge in [-0.3, -0.25) is 9.59 Å². The van der Waals surface area contributed by atoms with Crippen LogP contribution in [0.5, 0.6) is 0 Å². The Kier molecular flexibility index (Phi) is 5.21. The van der Waals surface area contributed by atoms with Gasteiger partial charge in [0.2, 0.25) is 11.8 Å². The molecule has 3 fully saturated rings. The van der Waals surface area contributed by atoms with Crippen molar-refractivity contribution in [2.24, 2.45) is 17.8 Å². The molecule has 1 aromatic carbocycles.